The van der Waals surface area contributed by atoms with Gasteiger partial charge < -0.3 is 0 Å². The summed E-state index contributed by atoms with van der Waals surface area (Å²) in [5.41, 5.74) is 9.30. The second-order valence-electron chi connectivity index (χ2n) is 9.90. The third kappa shape index (κ3) is 6.82. The number of benzene rings is 5. The lowest BCUT2D eigenvalue weighted by molar-refractivity contribution is 0.940. The SMILES string of the molecule is c1ccc(S/N=C2/C(=N/Sc3ccccc3)c3ccc(cc3)CCc3ccc(cc3)CCc3ccc2cc3)cc1. The summed E-state index contributed by atoms with van der Waals surface area (Å²) in [5, 5.41) is 0. The van der Waals surface area contributed by atoms with Crippen molar-refractivity contribution in [3.05, 3.63) is 167 Å². The molecule has 0 atom stereocenters. The van der Waals surface area contributed by atoms with Gasteiger partial charge in [0.2, 0.25) is 0 Å². The van der Waals surface area contributed by atoms with Gasteiger partial charge in [0.25, 0.3) is 0 Å². The molecule has 0 spiro atoms. The van der Waals surface area contributed by atoms with Crippen LogP contribution in [0.25, 0.3) is 0 Å². The Labute approximate surface area is 245 Å². The molecule has 0 aromatic heterocycles. The lowest BCUT2D eigenvalue weighted by Crippen LogP contribution is -2.17. The van der Waals surface area contributed by atoms with E-state index >= 15 is 0 Å². The van der Waals surface area contributed by atoms with E-state index in [1.807, 2.05) is 36.4 Å². The highest BCUT2D eigenvalue weighted by Gasteiger charge is 2.17. The molecule has 6 bridgehead atoms. The number of hydrogen-bond donors (Lipinski definition) is 0. The van der Waals surface area contributed by atoms with Crippen LogP contribution < -0.4 is 0 Å². The zero-order valence-electron chi connectivity index (χ0n) is 22.2. The highest BCUT2D eigenvalue weighted by atomic mass is 32.2. The van der Waals surface area contributed by atoms with Crippen LogP contribution in [0.5, 0.6) is 0 Å². The molecule has 0 radical (unpaired) electrons. The van der Waals surface area contributed by atoms with Crippen molar-refractivity contribution in [2.75, 3.05) is 0 Å². The average Bonchev–Trinajstić information content (AvgIpc) is 3.02. The van der Waals surface area contributed by atoms with E-state index in [-0.39, 0.29) is 0 Å². The zero-order valence-corrected chi connectivity index (χ0v) is 23.9. The predicted molar refractivity (Wildman–Crippen MR) is 172 cm³/mol. The molecule has 4 aliphatic rings. The van der Waals surface area contributed by atoms with E-state index in [1.165, 1.54) is 46.1 Å². The Kier molecular flexibility index (Phi) is 8.57. The molecule has 0 saturated carbocycles. The molecule has 0 saturated heterocycles. The first-order valence-electron chi connectivity index (χ1n) is 13.7. The van der Waals surface area contributed by atoms with Crippen molar-refractivity contribution in [2.24, 2.45) is 8.80 Å². The van der Waals surface area contributed by atoms with Crippen molar-refractivity contribution in [3.63, 3.8) is 0 Å². The summed E-state index contributed by atoms with van der Waals surface area (Å²) >= 11 is 2.99. The van der Waals surface area contributed by atoms with Crippen LogP contribution in [-0.4, -0.2) is 11.4 Å². The van der Waals surface area contributed by atoms with Crippen LogP contribution in [0.4, 0.5) is 0 Å². The molecular weight excluding hydrogens is 525 g/mol. The van der Waals surface area contributed by atoms with Gasteiger partial charge in [-0.2, -0.15) is 0 Å². The Morgan fingerprint density at radius 1 is 0.350 bits per heavy atom. The predicted octanol–water partition coefficient (Wildman–Crippen LogP) is 9.26. The fourth-order valence-electron chi connectivity index (χ4n) is 4.73. The first-order valence-corrected chi connectivity index (χ1v) is 15.2. The van der Waals surface area contributed by atoms with Gasteiger partial charge >= 0.3 is 0 Å². The Bertz CT molecular complexity index is 1470. The summed E-state index contributed by atoms with van der Waals surface area (Å²) < 4.78 is 10.2. The molecule has 9 rings (SSSR count). The number of fused-ring (bicyclic) bond motifs is 3. The lowest BCUT2D eigenvalue weighted by Gasteiger charge is -2.13. The van der Waals surface area contributed by atoms with Crippen molar-refractivity contribution in [1.29, 1.82) is 0 Å². The van der Waals surface area contributed by atoms with E-state index in [0.717, 1.165) is 58.0 Å². The van der Waals surface area contributed by atoms with Gasteiger partial charge in [0.05, 0.1) is 0 Å². The molecule has 4 aliphatic carbocycles. The third-order valence-electron chi connectivity index (χ3n) is 7.08. The molecule has 0 aliphatic heterocycles. The monoisotopic (exact) mass is 554 g/mol. The first kappa shape index (κ1) is 26.4. The Hall–Kier alpha value is -3.86. The molecule has 0 fully saturated rings. The van der Waals surface area contributed by atoms with Crippen LogP contribution in [0.1, 0.15) is 33.4 Å². The van der Waals surface area contributed by atoms with Crippen LogP contribution in [0.15, 0.2) is 152 Å². The van der Waals surface area contributed by atoms with E-state index < -0.39 is 0 Å². The van der Waals surface area contributed by atoms with Crippen LogP contribution in [0.2, 0.25) is 0 Å². The summed E-state index contributed by atoms with van der Waals surface area (Å²) in [6.45, 7) is 0. The standard InChI is InChI=1S/C36H30N2S2/c1-3-7-33(8-4-1)39-37-35-31-23-19-29(20-24-31)17-15-27-11-13-28(14-12-27)16-18-30-21-25-32(26-22-30)36(35)38-40-34-9-5-2-6-10-34/h1-14,19-26H,15-18H2/b37-35+,38-36+. The second kappa shape index (κ2) is 13.0. The van der Waals surface area contributed by atoms with Crippen LogP contribution in [0, 0.1) is 0 Å². The topological polar surface area (TPSA) is 24.7 Å². The summed E-state index contributed by atoms with van der Waals surface area (Å²) in [6, 6.07) is 47.5. The smallest absolute Gasteiger partial charge is 0.106 e. The van der Waals surface area contributed by atoms with E-state index in [2.05, 4.69) is 97.1 Å². The van der Waals surface area contributed by atoms with Crippen molar-refractivity contribution in [3.8, 4) is 0 Å². The molecule has 2 nitrogen and oxygen atoms in total. The van der Waals surface area contributed by atoms with Gasteiger partial charge in [-0.1, -0.05) is 109 Å². The molecule has 4 heteroatoms. The maximum Gasteiger partial charge on any atom is 0.106 e. The zero-order chi connectivity index (χ0) is 27.0. The highest BCUT2D eigenvalue weighted by molar-refractivity contribution is 7.98. The van der Waals surface area contributed by atoms with Gasteiger partial charge in [0.1, 0.15) is 11.4 Å². The highest BCUT2D eigenvalue weighted by Crippen LogP contribution is 2.26. The number of nitrogens with zero attached hydrogens (tertiary/aromatic N) is 2. The fraction of sp³-hybridized carbons (Fsp3) is 0.111. The van der Waals surface area contributed by atoms with Crippen molar-refractivity contribution < 1.29 is 0 Å². The molecule has 40 heavy (non-hydrogen) atoms. The number of rotatable bonds is 4. The average molecular weight is 555 g/mol. The molecule has 5 aromatic rings. The van der Waals surface area contributed by atoms with Gasteiger partial charge in [-0.25, -0.2) is 8.80 Å². The van der Waals surface area contributed by atoms with E-state index in [0.29, 0.717) is 0 Å². The quantitative estimate of drug-likeness (QED) is 0.207. The Morgan fingerprint density at radius 2 is 0.650 bits per heavy atom. The molecule has 0 amide bonds. The Morgan fingerprint density at radius 3 is 0.975 bits per heavy atom. The second-order valence-corrected chi connectivity index (χ2v) is 11.6. The van der Waals surface area contributed by atoms with E-state index in [1.54, 1.807) is 0 Å². The number of aryl methyl sites for hydroxylation is 4. The molecular formula is C36H30N2S2. The van der Waals surface area contributed by atoms with E-state index in [4.69, 9.17) is 8.80 Å². The fourth-order valence-corrected chi connectivity index (χ4v) is 6.07. The maximum absolute atomic E-state index is 5.12. The summed E-state index contributed by atoms with van der Waals surface area (Å²) in [5.74, 6) is 0. The van der Waals surface area contributed by atoms with Crippen molar-refractivity contribution >= 4 is 35.3 Å². The van der Waals surface area contributed by atoms with Gasteiger partial charge in [-0.15, -0.1) is 0 Å². The summed E-state index contributed by atoms with van der Waals surface area (Å²) in [4.78, 5) is 2.20. The minimum absolute atomic E-state index is 0.882. The van der Waals surface area contributed by atoms with Gasteiger partial charge in [-0.3, -0.25) is 0 Å². The maximum atomic E-state index is 5.12. The number of hydrogen-bond acceptors (Lipinski definition) is 4. The summed E-state index contributed by atoms with van der Waals surface area (Å²) in [7, 11) is 0. The van der Waals surface area contributed by atoms with Crippen LogP contribution >= 0.6 is 23.9 Å². The van der Waals surface area contributed by atoms with Gasteiger partial charge in [0, 0.05) is 44.8 Å². The Balaban J connectivity index is 1.45. The molecule has 196 valence electrons. The van der Waals surface area contributed by atoms with Crippen LogP contribution in [-0.2, 0) is 25.7 Å². The lowest BCUT2D eigenvalue weighted by atomic mass is 9.95. The van der Waals surface area contributed by atoms with Gasteiger partial charge in [-0.05, 0) is 72.2 Å². The van der Waals surface area contributed by atoms with E-state index in [9.17, 15) is 0 Å². The minimum Gasteiger partial charge on any atom is -0.209 e. The summed E-state index contributed by atoms with van der Waals surface area (Å²) in [6.07, 6.45) is 4.09. The van der Waals surface area contributed by atoms with Crippen LogP contribution in [0.3, 0.4) is 0 Å². The minimum atomic E-state index is 0.882. The molecule has 0 N–H and O–H groups in total. The normalized spacial score (nSPS) is 15.4. The van der Waals surface area contributed by atoms with Crippen molar-refractivity contribution in [1.82, 2.24) is 0 Å². The largest absolute Gasteiger partial charge is 0.209 e. The molecule has 5 aromatic carbocycles. The molecule has 0 unspecified atom stereocenters. The molecule has 0 heterocycles. The van der Waals surface area contributed by atoms with Crippen molar-refractivity contribution in [2.45, 2.75) is 35.5 Å². The van der Waals surface area contributed by atoms with Gasteiger partial charge in [0.15, 0.2) is 0 Å². The third-order valence-corrected chi connectivity index (χ3v) is 8.59. The first-order chi connectivity index (χ1) is 19.8.